The Morgan fingerprint density at radius 1 is 1.05 bits per heavy atom. The van der Waals surface area contributed by atoms with Crippen molar-refractivity contribution in [1.29, 1.82) is 0 Å². The lowest BCUT2D eigenvalue weighted by atomic mass is 10.1. The molecule has 0 atom stereocenters. The van der Waals surface area contributed by atoms with Gasteiger partial charge in [0.2, 0.25) is 0 Å². The fraction of sp³-hybridized carbons (Fsp3) is 0.267. The number of benzene rings is 1. The van der Waals surface area contributed by atoms with Crippen molar-refractivity contribution < 1.29 is 17.9 Å². The van der Waals surface area contributed by atoms with Crippen molar-refractivity contribution in [3.63, 3.8) is 0 Å². The van der Waals surface area contributed by atoms with Crippen LogP contribution in [0.25, 0.3) is 0 Å². The lowest BCUT2D eigenvalue weighted by Gasteiger charge is -2.15. The van der Waals surface area contributed by atoms with Gasteiger partial charge in [0.1, 0.15) is 5.75 Å². The molecule has 21 heavy (non-hydrogen) atoms. The van der Waals surface area contributed by atoms with E-state index in [1.54, 1.807) is 24.5 Å². The zero-order valence-electron chi connectivity index (χ0n) is 11.0. The summed E-state index contributed by atoms with van der Waals surface area (Å²) in [6.07, 6.45) is -0.692. The summed E-state index contributed by atoms with van der Waals surface area (Å²) < 4.78 is 44.2. The van der Waals surface area contributed by atoms with Crippen LogP contribution in [-0.2, 0) is 18.5 Å². The molecule has 2 aromatic rings. The van der Waals surface area contributed by atoms with Crippen molar-refractivity contribution in [3.8, 4) is 5.75 Å². The molecule has 0 bridgehead atoms. The third-order valence-corrected chi connectivity index (χ3v) is 3.21. The van der Waals surface area contributed by atoms with Crippen LogP contribution in [0.15, 0.2) is 42.7 Å². The fourth-order valence-electron chi connectivity index (χ4n) is 1.84. The molecule has 0 amide bonds. The van der Waals surface area contributed by atoms with Gasteiger partial charge >= 0.3 is 6.18 Å². The van der Waals surface area contributed by atoms with E-state index < -0.39 is 11.7 Å². The van der Waals surface area contributed by atoms with Gasteiger partial charge in [0.05, 0.1) is 12.2 Å². The number of ether oxygens (including phenoxy) is 1. The molecule has 6 heteroatoms. The second-order valence-corrected chi connectivity index (χ2v) is 4.68. The number of hydrogen-bond acceptors (Lipinski definition) is 2. The Bertz CT molecular complexity index is 587. The molecule has 1 heterocycles. The first-order valence-corrected chi connectivity index (χ1v) is 6.82. The first kappa shape index (κ1) is 15.6. The molecule has 2 rings (SSSR count). The number of pyridine rings is 1. The van der Waals surface area contributed by atoms with Crippen molar-refractivity contribution in [2.75, 3.05) is 6.61 Å². The summed E-state index contributed by atoms with van der Waals surface area (Å²) in [5.74, 6) is -0.147. The predicted molar refractivity (Wildman–Crippen MR) is 74.4 cm³/mol. The first-order valence-electron chi connectivity index (χ1n) is 6.28. The van der Waals surface area contributed by atoms with Gasteiger partial charge in [-0.15, -0.1) is 11.6 Å². The van der Waals surface area contributed by atoms with Crippen molar-refractivity contribution >= 4 is 11.6 Å². The molecule has 0 N–H and O–H groups in total. The van der Waals surface area contributed by atoms with E-state index in [2.05, 4.69) is 4.98 Å². The van der Waals surface area contributed by atoms with Gasteiger partial charge in [-0.25, -0.2) is 0 Å². The topological polar surface area (TPSA) is 22.1 Å². The standard InChI is InChI=1S/C15H13ClF3NO/c16-10-12-1-2-14(13(9-12)15(17,18)19)21-8-5-11-3-6-20-7-4-11/h1-4,6-7,9H,5,8,10H2. The van der Waals surface area contributed by atoms with Crippen LogP contribution in [0.4, 0.5) is 13.2 Å². The van der Waals surface area contributed by atoms with Crippen LogP contribution in [-0.4, -0.2) is 11.6 Å². The van der Waals surface area contributed by atoms with E-state index in [-0.39, 0.29) is 18.2 Å². The summed E-state index contributed by atoms with van der Waals surface area (Å²) in [6.45, 7) is 0.160. The van der Waals surface area contributed by atoms with E-state index in [1.165, 1.54) is 12.1 Å². The molecular formula is C15H13ClF3NO. The van der Waals surface area contributed by atoms with E-state index in [0.29, 0.717) is 12.0 Å². The Morgan fingerprint density at radius 2 is 1.76 bits per heavy atom. The summed E-state index contributed by atoms with van der Waals surface area (Å²) in [6, 6.07) is 7.46. The van der Waals surface area contributed by atoms with Crippen molar-refractivity contribution in [2.45, 2.75) is 18.5 Å². The second kappa shape index (κ2) is 6.80. The second-order valence-electron chi connectivity index (χ2n) is 4.42. The molecule has 0 saturated heterocycles. The van der Waals surface area contributed by atoms with Crippen molar-refractivity contribution in [2.24, 2.45) is 0 Å². The normalized spacial score (nSPS) is 11.4. The molecule has 1 aromatic heterocycles. The molecular weight excluding hydrogens is 303 g/mol. The van der Waals surface area contributed by atoms with Gasteiger partial charge in [-0.05, 0) is 35.4 Å². The van der Waals surface area contributed by atoms with Gasteiger partial charge in [-0.3, -0.25) is 4.98 Å². The predicted octanol–water partition coefficient (Wildman–Crippen LogP) is 4.46. The number of hydrogen-bond donors (Lipinski definition) is 0. The maximum Gasteiger partial charge on any atom is 0.419 e. The van der Waals surface area contributed by atoms with Crippen LogP contribution >= 0.6 is 11.6 Å². The van der Waals surface area contributed by atoms with Crippen LogP contribution < -0.4 is 4.74 Å². The molecule has 0 radical (unpaired) electrons. The van der Waals surface area contributed by atoms with Crippen LogP contribution in [0.1, 0.15) is 16.7 Å². The zero-order chi connectivity index (χ0) is 15.3. The highest BCUT2D eigenvalue weighted by Gasteiger charge is 2.34. The Hall–Kier alpha value is -1.75. The lowest BCUT2D eigenvalue weighted by Crippen LogP contribution is -2.11. The Balaban J connectivity index is 2.09. The molecule has 0 aliphatic carbocycles. The number of rotatable bonds is 5. The SMILES string of the molecule is FC(F)(F)c1cc(CCl)ccc1OCCc1ccncc1. The molecule has 0 saturated carbocycles. The van der Waals surface area contributed by atoms with E-state index in [9.17, 15) is 13.2 Å². The zero-order valence-corrected chi connectivity index (χ0v) is 11.8. The number of aromatic nitrogens is 1. The van der Waals surface area contributed by atoms with Gasteiger partial charge in [0, 0.05) is 24.7 Å². The van der Waals surface area contributed by atoms with E-state index in [0.717, 1.165) is 11.6 Å². The van der Waals surface area contributed by atoms with Crippen molar-refractivity contribution in [1.82, 2.24) is 4.98 Å². The Labute approximate surface area is 125 Å². The number of nitrogens with zero attached hydrogens (tertiary/aromatic N) is 1. The Morgan fingerprint density at radius 3 is 2.38 bits per heavy atom. The largest absolute Gasteiger partial charge is 0.493 e. The fourth-order valence-corrected chi connectivity index (χ4v) is 2.00. The first-order chi connectivity index (χ1) is 10.0. The van der Waals surface area contributed by atoms with E-state index in [1.807, 2.05) is 0 Å². The molecule has 0 aliphatic heterocycles. The maximum atomic E-state index is 13.0. The molecule has 0 aliphatic rings. The molecule has 1 aromatic carbocycles. The summed E-state index contributed by atoms with van der Waals surface area (Å²) in [5, 5.41) is 0. The summed E-state index contributed by atoms with van der Waals surface area (Å²) in [5.41, 5.74) is 0.566. The monoisotopic (exact) mass is 315 g/mol. The minimum absolute atomic E-state index is 0.0282. The third-order valence-electron chi connectivity index (χ3n) is 2.90. The van der Waals surface area contributed by atoms with Gasteiger partial charge in [0.15, 0.2) is 0 Å². The highest BCUT2D eigenvalue weighted by Crippen LogP contribution is 2.37. The quantitative estimate of drug-likeness (QED) is 0.760. The highest BCUT2D eigenvalue weighted by molar-refractivity contribution is 6.17. The van der Waals surface area contributed by atoms with Gasteiger partial charge in [-0.2, -0.15) is 13.2 Å². The van der Waals surface area contributed by atoms with Crippen molar-refractivity contribution in [3.05, 3.63) is 59.4 Å². The molecule has 0 fully saturated rings. The number of alkyl halides is 4. The third kappa shape index (κ3) is 4.36. The molecule has 0 spiro atoms. The highest BCUT2D eigenvalue weighted by atomic mass is 35.5. The smallest absolute Gasteiger partial charge is 0.419 e. The van der Waals surface area contributed by atoms with Gasteiger partial charge in [-0.1, -0.05) is 6.07 Å². The molecule has 0 unspecified atom stereocenters. The van der Waals surface area contributed by atoms with E-state index >= 15 is 0 Å². The molecule has 112 valence electrons. The van der Waals surface area contributed by atoms with Crippen LogP contribution in [0.2, 0.25) is 0 Å². The number of halogens is 4. The maximum absolute atomic E-state index is 13.0. The van der Waals surface area contributed by atoms with Crippen LogP contribution in [0, 0.1) is 0 Å². The minimum Gasteiger partial charge on any atom is -0.493 e. The average Bonchev–Trinajstić information content (AvgIpc) is 2.47. The summed E-state index contributed by atoms with van der Waals surface area (Å²) in [4.78, 5) is 3.88. The minimum atomic E-state index is -4.46. The average molecular weight is 316 g/mol. The Kier molecular flexibility index (Phi) is 5.07. The van der Waals surface area contributed by atoms with Crippen LogP contribution in [0.5, 0.6) is 5.75 Å². The van der Waals surface area contributed by atoms with Crippen LogP contribution in [0.3, 0.4) is 0 Å². The summed E-state index contributed by atoms with van der Waals surface area (Å²) in [7, 11) is 0. The van der Waals surface area contributed by atoms with Gasteiger partial charge < -0.3 is 4.74 Å². The van der Waals surface area contributed by atoms with Gasteiger partial charge in [0.25, 0.3) is 0 Å². The summed E-state index contributed by atoms with van der Waals surface area (Å²) >= 11 is 5.57. The van der Waals surface area contributed by atoms with E-state index in [4.69, 9.17) is 16.3 Å². The molecule has 2 nitrogen and oxygen atoms in total. The lowest BCUT2D eigenvalue weighted by molar-refractivity contribution is -0.139.